The minimum absolute atomic E-state index is 0.189. The van der Waals surface area contributed by atoms with Crippen molar-refractivity contribution >= 4 is 23.3 Å². The van der Waals surface area contributed by atoms with Crippen LogP contribution >= 0.6 is 0 Å². The van der Waals surface area contributed by atoms with Crippen molar-refractivity contribution in [2.45, 2.75) is 13.5 Å². The van der Waals surface area contributed by atoms with Crippen LogP contribution in [0.5, 0.6) is 0 Å². The maximum atomic E-state index is 12.3. The summed E-state index contributed by atoms with van der Waals surface area (Å²) in [4.78, 5) is 27.7. The number of carbonyl (C=O) groups is 2. The smallest absolute Gasteiger partial charge is 0.256 e. The fourth-order valence-electron chi connectivity index (χ4n) is 2.30. The zero-order chi connectivity index (χ0) is 17.6. The molecule has 0 spiro atoms. The van der Waals surface area contributed by atoms with Crippen LogP contribution in [0.3, 0.4) is 0 Å². The topological polar surface area (TPSA) is 88.9 Å². The molecule has 0 unspecified atom stereocenters. The first-order chi connectivity index (χ1) is 12.1. The van der Waals surface area contributed by atoms with Crippen molar-refractivity contribution in [2.75, 3.05) is 10.6 Å². The molecule has 2 amide bonds. The van der Waals surface area contributed by atoms with E-state index in [-0.39, 0.29) is 11.8 Å². The van der Waals surface area contributed by atoms with Crippen LogP contribution < -0.4 is 10.6 Å². The standard InChI is InChI=1S/C18H17N5O2/c1-13(24)20-15-7-4-5-14(11-15)18(25)21-17-8-10-23(22-17)12-16-6-2-3-9-19-16/h2-11H,12H2,1H3,(H,20,24)(H,21,22,25). The largest absolute Gasteiger partial charge is 0.326 e. The lowest BCUT2D eigenvalue weighted by atomic mass is 10.2. The van der Waals surface area contributed by atoms with Crippen LogP contribution in [0.2, 0.25) is 0 Å². The molecule has 7 heteroatoms. The summed E-state index contributed by atoms with van der Waals surface area (Å²) >= 11 is 0. The molecular formula is C18H17N5O2. The Bertz CT molecular complexity index is 889. The molecule has 3 aromatic rings. The van der Waals surface area contributed by atoms with Crippen LogP contribution in [0.15, 0.2) is 60.9 Å². The molecule has 0 bridgehead atoms. The number of amides is 2. The first-order valence-corrected chi connectivity index (χ1v) is 7.72. The molecule has 0 fully saturated rings. The lowest BCUT2D eigenvalue weighted by Gasteiger charge is -2.06. The lowest BCUT2D eigenvalue weighted by Crippen LogP contribution is -2.14. The number of carbonyl (C=O) groups excluding carboxylic acids is 2. The Morgan fingerprint density at radius 2 is 1.96 bits per heavy atom. The lowest BCUT2D eigenvalue weighted by molar-refractivity contribution is -0.114. The Morgan fingerprint density at radius 1 is 1.08 bits per heavy atom. The molecule has 1 aromatic carbocycles. The summed E-state index contributed by atoms with van der Waals surface area (Å²) in [5.74, 6) is -0.0352. The van der Waals surface area contributed by atoms with E-state index in [9.17, 15) is 9.59 Å². The molecule has 25 heavy (non-hydrogen) atoms. The third-order valence-electron chi connectivity index (χ3n) is 3.38. The van der Waals surface area contributed by atoms with Gasteiger partial charge in [0, 0.05) is 36.6 Å². The van der Waals surface area contributed by atoms with Gasteiger partial charge in [-0.05, 0) is 30.3 Å². The molecule has 0 aliphatic rings. The molecule has 126 valence electrons. The van der Waals surface area contributed by atoms with Crippen molar-refractivity contribution in [1.82, 2.24) is 14.8 Å². The Hall–Kier alpha value is -3.48. The van der Waals surface area contributed by atoms with Gasteiger partial charge in [0.2, 0.25) is 5.91 Å². The minimum atomic E-state index is -0.296. The Balaban J connectivity index is 1.66. The van der Waals surface area contributed by atoms with E-state index in [4.69, 9.17) is 0 Å². The van der Waals surface area contributed by atoms with E-state index in [1.165, 1.54) is 6.92 Å². The molecule has 0 saturated carbocycles. The fraction of sp³-hybridized carbons (Fsp3) is 0.111. The highest BCUT2D eigenvalue weighted by Gasteiger charge is 2.09. The normalized spacial score (nSPS) is 10.3. The van der Waals surface area contributed by atoms with Crippen LogP contribution in [0.4, 0.5) is 11.5 Å². The number of pyridine rings is 1. The molecule has 3 rings (SSSR count). The zero-order valence-electron chi connectivity index (χ0n) is 13.6. The molecule has 0 aliphatic heterocycles. The van der Waals surface area contributed by atoms with Gasteiger partial charge >= 0.3 is 0 Å². The number of benzene rings is 1. The van der Waals surface area contributed by atoms with Gasteiger partial charge in [-0.15, -0.1) is 0 Å². The van der Waals surface area contributed by atoms with Gasteiger partial charge in [0.25, 0.3) is 5.91 Å². The Labute approximate surface area is 144 Å². The number of nitrogens with one attached hydrogen (secondary N) is 2. The van der Waals surface area contributed by atoms with Crippen molar-refractivity contribution < 1.29 is 9.59 Å². The SMILES string of the molecule is CC(=O)Nc1cccc(C(=O)Nc2ccn(Cc3ccccn3)n2)c1. The predicted octanol–water partition coefficient (Wildman–Crippen LogP) is 2.54. The number of nitrogens with zero attached hydrogens (tertiary/aromatic N) is 3. The van der Waals surface area contributed by atoms with E-state index in [1.807, 2.05) is 18.2 Å². The number of rotatable bonds is 5. The molecule has 2 N–H and O–H groups in total. The quantitative estimate of drug-likeness (QED) is 0.750. The third-order valence-corrected chi connectivity index (χ3v) is 3.38. The summed E-state index contributed by atoms with van der Waals surface area (Å²) in [5.41, 5.74) is 1.89. The number of hydrogen-bond donors (Lipinski definition) is 2. The second-order valence-electron chi connectivity index (χ2n) is 5.44. The first kappa shape index (κ1) is 16.4. The van der Waals surface area contributed by atoms with E-state index in [2.05, 4.69) is 20.7 Å². The summed E-state index contributed by atoms with van der Waals surface area (Å²) in [6, 6.07) is 14.1. The predicted molar refractivity (Wildman–Crippen MR) is 94.3 cm³/mol. The van der Waals surface area contributed by atoms with E-state index >= 15 is 0 Å². The van der Waals surface area contributed by atoms with Crippen LogP contribution in [0, 0.1) is 0 Å². The van der Waals surface area contributed by atoms with Crippen molar-refractivity contribution in [3.05, 3.63) is 72.2 Å². The van der Waals surface area contributed by atoms with Crippen LogP contribution in [0.1, 0.15) is 23.0 Å². The van der Waals surface area contributed by atoms with Gasteiger partial charge in [0.1, 0.15) is 0 Å². The van der Waals surface area contributed by atoms with Gasteiger partial charge in [-0.25, -0.2) is 0 Å². The highest BCUT2D eigenvalue weighted by molar-refractivity contribution is 6.04. The molecule has 0 radical (unpaired) electrons. The summed E-state index contributed by atoms with van der Waals surface area (Å²) in [6.07, 6.45) is 3.50. The van der Waals surface area contributed by atoms with E-state index in [1.54, 1.807) is 47.4 Å². The molecular weight excluding hydrogens is 318 g/mol. The maximum absolute atomic E-state index is 12.3. The van der Waals surface area contributed by atoms with Gasteiger partial charge in [-0.2, -0.15) is 5.10 Å². The molecule has 7 nitrogen and oxygen atoms in total. The van der Waals surface area contributed by atoms with Gasteiger partial charge in [-0.3, -0.25) is 19.3 Å². The molecule has 0 saturated heterocycles. The summed E-state index contributed by atoms with van der Waals surface area (Å²) < 4.78 is 1.70. The average Bonchev–Trinajstić information content (AvgIpc) is 3.02. The van der Waals surface area contributed by atoms with Gasteiger partial charge in [0.05, 0.1) is 12.2 Å². The minimum Gasteiger partial charge on any atom is -0.326 e. The molecule has 2 heterocycles. The Kier molecular flexibility index (Phi) is 4.84. The van der Waals surface area contributed by atoms with Gasteiger partial charge in [-0.1, -0.05) is 12.1 Å². The Morgan fingerprint density at radius 3 is 2.72 bits per heavy atom. The average molecular weight is 335 g/mol. The van der Waals surface area contributed by atoms with Gasteiger partial charge in [0.15, 0.2) is 5.82 Å². The third kappa shape index (κ3) is 4.51. The maximum Gasteiger partial charge on any atom is 0.256 e. The van der Waals surface area contributed by atoms with Crippen molar-refractivity contribution in [3.8, 4) is 0 Å². The first-order valence-electron chi connectivity index (χ1n) is 7.72. The highest BCUT2D eigenvalue weighted by atomic mass is 16.2. The number of hydrogen-bond acceptors (Lipinski definition) is 4. The zero-order valence-corrected chi connectivity index (χ0v) is 13.6. The highest BCUT2D eigenvalue weighted by Crippen LogP contribution is 2.13. The van der Waals surface area contributed by atoms with Crippen molar-refractivity contribution in [3.63, 3.8) is 0 Å². The summed E-state index contributed by atoms with van der Waals surface area (Å²) in [7, 11) is 0. The van der Waals surface area contributed by atoms with E-state index < -0.39 is 0 Å². The van der Waals surface area contributed by atoms with Crippen molar-refractivity contribution in [2.24, 2.45) is 0 Å². The van der Waals surface area contributed by atoms with E-state index in [0.717, 1.165) is 5.69 Å². The summed E-state index contributed by atoms with van der Waals surface area (Å²) in [6.45, 7) is 1.94. The molecule has 2 aromatic heterocycles. The molecule has 0 aliphatic carbocycles. The number of aromatic nitrogens is 3. The fourth-order valence-corrected chi connectivity index (χ4v) is 2.30. The second kappa shape index (κ2) is 7.39. The molecule has 0 atom stereocenters. The van der Waals surface area contributed by atoms with Crippen molar-refractivity contribution in [1.29, 1.82) is 0 Å². The van der Waals surface area contributed by atoms with Crippen LogP contribution in [-0.4, -0.2) is 26.6 Å². The summed E-state index contributed by atoms with van der Waals surface area (Å²) in [5, 5.41) is 9.71. The monoisotopic (exact) mass is 335 g/mol. The number of anilines is 2. The second-order valence-corrected chi connectivity index (χ2v) is 5.44. The van der Waals surface area contributed by atoms with Crippen LogP contribution in [0.25, 0.3) is 0 Å². The van der Waals surface area contributed by atoms with E-state index in [0.29, 0.717) is 23.6 Å². The van der Waals surface area contributed by atoms with Crippen LogP contribution in [-0.2, 0) is 11.3 Å². The van der Waals surface area contributed by atoms with Gasteiger partial charge < -0.3 is 10.6 Å².